The summed E-state index contributed by atoms with van der Waals surface area (Å²) in [5.74, 6) is 2.07. The zero-order valence-electron chi connectivity index (χ0n) is 12.4. The van der Waals surface area contributed by atoms with Crippen molar-refractivity contribution in [1.29, 1.82) is 0 Å². The van der Waals surface area contributed by atoms with Gasteiger partial charge < -0.3 is 4.90 Å². The Hall–Kier alpha value is -0.0400. The molecule has 0 N–H and O–H groups in total. The van der Waals surface area contributed by atoms with E-state index in [1.807, 2.05) is 0 Å². The lowest BCUT2D eigenvalue weighted by Gasteiger charge is -2.34. The summed E-state index contributed by atoms with van der Waals surface area (Å²) in [4.78, 5) is 2.50. The topological polar surface area (TPSA) is 3.24 Å². The Balaban J connectivity index is 2.26. The van der Waals surface area contributed by atoms with E-state index >= 15 is 0 Å². The molecule has 1 atom stereocenters. The van der Waals surface area contributed by atoms with E-state index in [0.717, 1.165) is 11.8 Å². The van der Waals surface area contributed by atoms with Gasteiger partial charge in [0.1, 0.15) is 0 Å². The summed E-state index contributed by atoms with van der Waals surface area (Å²) in [6.45, 7) is 7.33. The Morgan fingerprint density at radius 2 is 1.65 bits per heavy atom. The van der Waals surface area contributed by atoms with Crippen LogP contribution in [0.4, 0.5) is 0 Å². The molecule has 0 spiro atoms. The van der Waals surface area contributed by atoms with Gasteiger partial charge in [0.05, 0.1) is 0 Å². The zero-order chi connectivity index (χ0) is 12.5. The van der Waals surface area contributed by atoms with Crippen LogP contribution >= 0.6 is 0 Å². The van der Waals surface area contributed by atoms with Crippen molar-refractivity contribution in [2.45, 2.75) is 71.6 Å². The third kappa shape index (κ3) is 5.90. The first-order chi connectivity index (χ1) is 8.27. The molecule has 1 unspecified atom stereocenters. The molecule has 1 nitrogen and oxygen atoms in total. The van der Waals surface area contributed by atoms with E-state index in [9.17, 15) is 0 Å². The maximum Gasteiger partial charge on any atom is -0.00190 e. The monoisotopic (exact) mass is 239 g/mol. The van der Waals surface area contributed by atoms with Gasteiger partial charge in [-0.3, -0.25) is 0 Å². The Morgan fingerprint density at radius 3 is 2.24 bits per heavy atom. The van der Waals surface area contributed by atoms with E-state index in [2.05, 4.69) is 25.8 Å². The Bertz CT molecular complexity index is 170. The molecule has 1 saturated heterocycles. The standard InChI is InChI=1S/C16H33N/c1-4-6-7-8-10-15(9-5-2)16-11-13-17(3)14-12-16/h15-16H,4-14H2,1-3H3. The fourth-order valence-electron chi connectivity index (χ4n) is 3.32. The van der Waals surface area contributed by atoms with Gasteiger partial charge in [-0.1, -0.05) is 58.8 Å². The molecule has 1 heterocycles. The van der Waals surface area contributed by atoms with Gasteiger partial charge in [0.15, 0.2) is 0 Å². The van der Waals surface area contributed by atoms with Gasteiger partial charge in [0, 0.05) is 0 Å². The fourth-order valence-corrected chi connectivity index (χ4v) is 3.32. The van der Waals surface area contributed by atoms with Crippen LogP contribution in [0.2, 0.25) is 0 Å². The van der Waals surface area contributed by atoms with Crippen molar-refractivity contribution in [3.63, 3.8) is 0 Å². The molecule has 0 amide bonds. The summed E-state index contributed by atoms with van der Waals surface area (Å²) in [6.07, 6.45) is 13.0. The largest absolute Gasteiger partial charge is 0.306 e. The van der Waals surface area contributed by atoms with E-state index < -0.39 is 0 Å². The van der Waals surface area contributed by atoms with Crippen LogP contribution in [0.3, 0.4) is 0 Å². The molecule has 1 rings (SSSR count). The van der Waals surface area contributed by atoms with Crippen molar-refractivity contribution in [1.82, 2.24) is 4.90 Å². The van der Waals surface area contributed by atoms with Gasteiger partial charge in [-0.25, -0.2) is 0 Å². The van der Waals surface area contributed by atoms with Gasteiger partial charge in [0.2, 0.25) is 0 Å². The second-order valence-corrected chi connectivity index (χ2v) is 6.04. The molecule has 102 valence electrons. The number of hydrogen-bond acceptors (Lipinski definition) is 1. The fraction of sp³-hybridized carbons (Fsp3) is 1.00. The highest BCUT2D eigenvalue weighted by molar-refractivity contribution is 4.76. The van der Waals surface area contributed by atoms with Crippen molar-refractivity contribution in [3.05, 3.63) is 0 Å². The van der Waals surface area contributed by atoms with Crippen LogP contribution in [0.5, 0.6) is 0 Å². The average Bonchev–Trinajstić information content (AvgIpc) is 2.34. The smallest absolute Gasteiger partial charge is 0.00190 e. The van der Waals surface area contributed by atoms with Crippen molar-refractivity contribution >= 4 is 0 Å². The minimum absolute atomic E-state index is 1.03. The minimum atomic E-state index is 1.03. The summed E-state index contributed by atoms with van der Waals surface area (Å²) >= 11 is 0. The number of piperidine rings is 1. The van der Waals surface area contributed by atoms with Crippen molar-refractivity contribution in [2.75, 3.05) is 20.1 Å². The molecule has 0 radical (unpaired) electrons. The first-order valence-electron chi connectivity index (χ1n) is 7.96. The summed E-state index contributed by atoms with van der Waals surface area (Å²) in [7, 11) is 2.27. The first kappa shape index (κ1) is 15.0. The van der Waals surface area contributed by atoms with Crippen LogP contribution in [-0.2, 0) is 0 Å². The lowest BCUT2D eigenvalue weighted by molar-refractivity contribution is 0.156. The van der Waals surface area contributed by atoms with Gasteiger partial charge in [0.25, 0.3) is 0 Å². The number of unbranched alkanes of at least 4 members (excludes halogenated alkanes) is 3. The summed E-state index contributed by atoms with van der Waals surface area (Å²) < 4.78 is 0. The first-order valence-corrected chi connectivity index (χ1v) is 7.96. The molecule has 0 saturated carbocycles. The summed E-state index contributed by atoms with van der Waals surface area (Å²) in [6, 6.07) is 0. The normalized spacial score (nSPS) is 20.6. The molecule has 0 bridgehead atoms. The number of nitrogens with zero attached hydrogens (tertiary/aromatic N) is 1. The summed E-state index contributed by atoms with van der Waals surface area (Å²) in [5.41, 5.74) is 0. The van der Waals surface area contributed by atoms with Crippen LogP contribution in [0.25, 0.3) is 0 Å². The lowest BCUT2D eigenvalue weighted by atomic mass is 9.79. The Labute approximate surface area is 109 Å². The van der Waals surface area contributed by atoms with E-state index in [0.29, 0.717) is 0 Å². The van der Waals surface area contributed by atoms with Crippen LogP contribution < -0.4 is 0 Å². The molecule has 1 heteroatoms. The second kappa shape index (κ2) is 8.97. The van der Waals surface area contributed by atoms with Crippen molar-refractivity contribution in [2.24, 2.45) is 11.8 Å². The maximum absolute atomic E-state index is 2.50. The Kier molecular flexibility index (Phi) is 7.92. The third-order valence-corrected chi connectivity index (χ3v) is 4.52. The van der Waals surface area contributed by atoms with E-state index in [1.165, 1.54) is 70.9 Å². The molecule has 0 aliphatic carbocycles. The molecule has 1 aliphatic heterocycles. The molecule has 17 heavy (non-hydrogen) atoms. The van der Waals surface area contributed by atoms with Crippen LogP contribution in [0, 0.1) is 11.8 Å². The average molecular weight is 239 g/mol. The SMILES string of the molecule is CCCCCCC(CCC)C1CCN(C)CC1. The van der Waals surface area contributed by atoms with E-state index in [-0.39, 0.29) is 0 Å². The lowest BCUT2D eigenvalue weighted by Crippen LogP contribution is -2.33. The van der Waals surface area contributed by atoms with E-state index in [1.54, 1.807) is 0 Å². The molecular formula is C16H33N. The van der Waals surface area contributed by atoms with Crippen LogP contribution in [0.15, 0.2) is 0 Å². The summed E-state index contributed by atoms with van der Waals surface area (Å²) in [5, 5.41) is 0. The van der Waals surface area contributed by atoms with Gasteiger partial charge in [-0.2, -0.15) is 0 Å². The highest BCUT2D eigenvalue weighted by Crippen LogP contribution is 2.31. The molecule has 1 fully saturated rings. The quantitative estimate of drug-likeness (QED) is 0.554. The zero-order valence-corrected chi connectivity index (χ0v) is 12.4. The predicted octanol–water partition coefficient (Wildman–Crippen LogP) is 4.71. The molecular weight excluding hydrogens is 206 g/mol. The number of likely N-dealkylation sites (tertiary alicyclic amines) is 1. The number of rotatable bonds is 8. The van der Waals surface area contributed by atoms with Gasteiger partial charge in [-0.15, -0.1) is 0 Å². The highest BCUT2D eigenvalue weighted by Gasteiger charge is 2.24. The Morgan fingerprint density at radius 1 is 0.941 bits per heavy atom. The van der Waals surface area contributed by atoms with Crippen molar-refractivity contribution in [3.8, 4) is 0 Å². The van der Waals surface area contributed by atoms with Gasteiger partial charge in [-0.05, 0) is 44.8 Å². The van der Waals surface area contributed by atoms with Crippen molar-refractivity contribution < 1.29 is 0 Å². The molecule has 1 aliphatic rings. The second-order valence-electron chi connectivity index (χ2n) is 6.04. The third-order valence-electron chi connectivity index (χ3n) is 4.52. The molecule has 0 aromatic rings. The molecule has 0 aromatic heterocycles. The van der Waals surface area contributed by atoms with Crippen LogP contribution in [-0.4, -0.2) is 25.0 Å². The maximum atomic E-state index is 2.50. The van der Waals surface area contributed by atoms with Crippen LogP contribution in [0.1, 0.15) is 71.6 Å². The molecule has 0 aromatic carbocycles. The van der Waals surface area contributed by atoms with E-state index in [4.69, 9.17) is 0 Å². The minimum Gasteiger partial charge on any atom is -0.306 e. The van der Waals surface area contributed by atoms with Gasteiger partial charge >= 0.3 is 0 Å². The predicted molar refractivity (Wildman–Crippen MR) is 77.4 cm³/mol. The number of hydrogen-bond donors (Lipinski definition) is 0. The highest BCUT2D eigenvalue weighted by atomic mass is 15.1.